The second-order valence-electron chi connectivity index (χ2n) is 9.03. The lowest BCUT2D eigenvalue weighted by molar-refractivity contribution is -0.135. The molecule has 40 heavy (non-hydrogen) atoms. The number of carbonyl (C=O) groups is 2. The lowest BCUT2D eigenvalue weighted by atomic mass is 10.1. The summed E-state index contributed by atoms with van der Waals surface area (Å²) in [7, 11) is 1.55. The number of likely N-dealkylation sites (N-methyl/N-ethyl adjacent to an activating group) is 1. The number of nitriles is 1. The van der Waals surface area contributed by atoms with Crippen LogP contribution in [-0.2, 0) is 16.1 Å². The zero-order chi connectivity index (χ0) is 29.7. The number of aromatic nitrogens is 1. The second kappa shape index (κ2) is 12.6. The number of nitrogens with zero attached hydrogens (tertiary/aromatic N) is 4. The van der Waals surface area contributed by atoms with Gasteiger partial charge in [0.05, 0.1) is 6.54 Å². The average Bonchev–Trinajstić information content (AvgIpc) is 3.21. The number of nitrogens with one attached hydrogen (secondary N) is 2. The lowest BCUT2D eigenvalue weighted by Gasteiger charge is -2.32. The Hall–Kier alpha value is -3.77. The molecule has 0 radical (unpaired) electrons. The van der Waals surface area contributed by atoms with E-state index < -0.39 is 35.7 Å². The van der Waals surface area contributed by atoms with Gasteiger partial charge >= 0.3 is 6.18 Å². The van der Waals surface area contributed by atoms with Crippen LogP contribution in [0.3, 0.4) is 0 Å². The van der Waals surface area contributed by atoms with E-state index in [9.17, 15) is 41.6 Å². The molecule has 2 N–H and O–H groups in total. The SMILES string of the molecule is CCn1c(=C(C#N)C(=O)NCC(F)(F)F)sc(=CNc2cccc(N(C)C(=O)CN3CCC(F)(F)CC3)c2)c1=O. The van der Waals surface area contributed by atoms with E-state index in [1.165, 1.54) is 11.1 Å². The maximum atomic E-state index is 13.4. The summed E-state index contributed by atoms with van der Waals surface area (Å²) in [4.78, 5) is 40.9. The number of amides is 2. The largest absolute Gasteiger partial charge is 0.405 e. The van der Waals surface area contributed by atoms with E-state index in [4.69, 9.17) is 0 Å². The van der Waals surface area contributed by atoms with Gasteiger partial charge in [-0.2, -0.15) is 18.4 Å². The molecular weight excluding hydrogens is 559 g/mol. The van der Waals surface area contributed by atoms with E-state index in [1.807, 2.05) is 0 Å². The summed E-state index contributed by atoms with van der Waals surface area (Å²) < 4.78 is 65.4. The molecule has 1 aromatic carbocycles. The van der Waals surface area contributed by atoms with Crippen molar-refractivity contribution in [2.75, 3.05) is 43.4 Å². The summed E-state index contributed by atoms with van der Waals surface area (Å²) in [6.07, 6.45) is -3.93. The maximum Gasteiger partial charge on any atom is 0.405 e. The smallest absolute Gasteiger partial charge is 0.360 e. The van der Waals surface area contributed by atoms with Gasteiger partial charge < -0.3 is 15.5 Å². The van der Waals surface area contributed by atoms with E-state index >= 15 is 0 Å². The Bertz CT molecular complexity index is 1470. The zero-order valence-corrected chi connectivity index (χ0v) is 22.5. The summed E-state index contributed by atoms with van der Waals surface area (Å²) in [6.45, 7) is 0.252. The third-order valence-corrected chi connectivity index (χ3v) is 7.28. The Labute approximate surface area is 229 Å². The van der Waals surface area contributed by atoms with Crippen LogP contribution < -0.4 is 30.3 Å². The number of piperidine rings is 1. The molecule has 0 bridgehead atoms. The predicted molar refractivity (Wildman–Crippen MR) is 140 cm³/mol. The Kier molecular flexibility index (Phi) is 9.69. The fraction of sp³-hybridized carbons (Fsp3) is 0.440. The van der Waals surface area contributed by atoms with Crippen LogP contribution in [0.2, 0.25) is 0 Å². The van der Waals surface area contributed by atoms with Crippen molar-refractivity contribution in [3.8, 4) is 6.07 Å². The van der Waals surface area contributed by atoms with Gasteiger partial charge in [-0.25, -0.2) is 8.78 Å². The van der Waals surface area contributed by atoms with Crippen LogP contribution in [-0.4, -0.2) is 66.6 Å². The summed E-state index contributed by atoms with van der Waals surface area (Å²) in [5.74, 6) is -4.25. The van der Waals surface area contributed by atoms with Gasteiger partial charge in [-0.3, -0.25) is 23.9 Å². The first-order chi connectivity index (χ1) is 18.7. The van der Waals surface area contributed by atoms with E-state index in [0.29, 0.717) is 11.4 Å². The molecule has 0 spiro atoms. The van der Waals surface area contributed by atoms with Crippen molar-refractivity contribution in [2.45, 2.75) is 38.4 Å². The van der Waals surface area contributed by atoms with Crippen LogP contribution >= 0.6 is 11.3 Å². The van der Waals surface area contributed by atoms with Gasteiger partial charge in [-0.1, -0.05) is 6.07 Å². The normalized spacial score (nSPS) is 16.7. The molecule has 1 aliphatic heterocycles. The molecule has 216 valence electrons. The van der Waals surface area contributed by atoms with Crippen LogP contribution in [0.15, 0.2) is 29.1 Å². The third kappa shape index (κ3) is 7.89. The molecule has 0 aliphatic carbocycles. The van der Waals surface area contributed by atoms with Crippen LogP contribution in [0.4, 0.5) is 33.3 Å². The van der Waals surface area contributed by atoms with E-state index in [1.54, 1.807) is 54.5 Å². The highest BCUT2D eigenvalue weighted by Crippen LogP contribution is 2.27. The Morgan fingerprint density at radius 3 is 2.52 bits per heavy atom. The number of alkyl halides is 5. The number of benzene rings is 1. The number of hydrogen-bond donors (Lipinski definition) is 2. The number of thiazole rings is 1. The molecule has 15 heteroatoms. The molecule has 0 unspecified atom stereocenters. The number of halogens is 5. The zero-order valence-electron chi connectivity index (χ0n) is 21.6. The first kappa shape index (κ1) is 30.8. The second-order valence-corrected chi connectivity index (χ2v) is 10.1. The molecule has 1 aliphatic rings. The van der Waals surface area contributed by atoms with Crippen molar-refractivity contribution >= 4 is 46.3 Å². The maximum absolute atomic E-state index is 13.4. The van der Waals surface area contributed by atoms with Gasteiger partial charge in [-0.15, -0.1) is 11.3 Å². The fourth-order valence-electron chi connectivity index (χ4n) is 3.89. The predicted octanol–water partition coefficient (Wildman–Crippen LogP) is 1.83. The van der Waals surface area contributed by atoms with Gasteiger partial charge in [0.2, 0.25) is 5.91 Å². The van der Waals surface area contributed by atoms with Gasteiger partial charge in [0.15, 0.2) is 5.57 Å². The molecule has 1 fully saturated rings. The van der Waals surface area contributed by atoms with E-state index in [-0.39, 0.29) is 54.1 Å². The summed E-state index contributed by atoms with van der Waals surface area (Å²) >= 11 is 0.766. The van der Waals surface area contributed by atoms with Crippen LogP contribution in [0.1, 0.15) is 19.8 Å². The van der Waals surface area contributed by atoms with Crippen molar-refractivity contribution in [3.05, 3.63) is 43.8 Å². The quantitative estimate of drug-likeness (QED) is 0.457. The van der Waals surface area contributed by atoms with Gasteiger partial charge in [0, 0.05) is 57.1 Å². The van der Waals surface area contributed by atoms with Gasteiger partial charge in [-0.05, 0) is 25.1 Å². The van der Waals surface area contributed by atoms with Gasteiger partial charge in [0.25, 0.3) is 17.4 Å². The molecule has 2 aromatic rings. The molecule has 3 rings (SSSR count). The highest BCUT2D eigenvalue weighted by molar-refractivity contribution is 7.07. The van der Waals surface area contributed by atoms with E-state index in [2.05, 4.69) is 5.32 Å². The van der Waals surface area contributed by atoms with Crippen LogP contribution in [0.5, 0.6) is 0 Å². The minimum Gasteiger partial charge on any atom is -0.360 e. The highest BCUT2D eigenvalue weighted by atomic mass is 32.1. The number of likely N-dealkylation sites (tertiary alicyclic amines) is 1. The molecule has 2 amide bonds. The monoisotopic (exact) mass is 586 g/mol. The van der Waals surface area contributed by atoms with Crippen molar-refractivity contribution in [3.63, 3.8) is 0 Å². The first-order valence-corrected chi connectivity index (χ1v) is 13.0. The number of anilines is 2. The van der Waals surface area contributed by atoms with Gasteiger partial charge in [0.1, 0.15) is 21.8 Å². The van der Waals surface area contributed by atoms with Crippen molar-refractivity contribution in [2.24, 2.45) is 0 Å². The lowest BCUT2D eigenvalue weighted by Crippen LogP contribution is -2.45. The standard InChI is InChI=1S/C25H27F5N6O3S/c1-3-36-22(39)19(40-23(36)18(12-31)21(38)33-15-25(28,29)30)13-32-16-5-4-6-17(11-16)34(2)20(37)14-35-9-7-24(26,27)8-10-35/h4-6,11,13,32H,3,7-10,14-15H2,1-2H3,(H,33,38). The Balaban J connectivity index is 1.80. The molecular formula is C25H27F5N6O3S. The summed E-state index contributed by atoms with van der Waals surface area (Å²) in [5, 5.41) is 14.0. The van der Waals surface area contributed by atoms with Crippen molar-refractivity contribution in [1.82, 2.24) is 14.8 Å². The van der Waals surface area contributed by atoms with E-state index in [0.717, 1.165) is 15.9 Å². The summed E-state index contributed by atoms with van der Waals surface area (Å²) in [5.41, 5.74) is -0.182. The molecule has 0 atom stereocenters. The van der Waals surface area contributed by atoms with Crippen LogP contribution in [0, 0.1) is 11.3 Å². The first-order valence-electron chi connectivity index (χ1n) is 12.2. The molecule has 1 saturated heterocycles. The molecule has 1 aromatic heterocycles. The number of carbonyl (C=O) groups excluding carboxylic acids is 2. The molecule has 0 saturated carbocycles. The minimum absolute atomic E-state index is 0.0147. The molecule has 9 nitrogen and oxygen atoms in total. The molecule has 2 heterocycles. The highest BCUT2D eigenvalue weighted by Gasteiger charge is 2.34. The minimum atomic E-state index is -4.67. The number of hydrogen-bond acceptors (Lipinski definition) is 7. The average molecular weight is 587 g/mol. The van der Waals surface area contributed by atoms with Crippen molar-refractivity contribution in [1.29, 1.82) is 5.26 Å². The number of rotatable bonds is 8. The third-order valence-electron chi connectivity index (χ3n) is 6.15. The Morgan fingerprint density at radius 2 is 1.93 bits per heavy atom. The van der Waals surface area contributed by atoms with Crippen molar-refractivity contribution < 1.29 is 31.5 Å². The summed E-state index contributed by atoms with van der Waals surface area (Å²) in [6, 6.07) is 8.21. The topological polar surface area (TPSA) is 110 Å². The van der Waals surface area contributed by atoms with Crippen LogP contribution in [0.25, 0.3) is 11.8 Å². The Morgan fingerprint density at radius 1 is 1.25 bits per heavy atom. The fourth-order valence-corrected chi connectivity index (χ4v) is 4.98.